The largest absolute Gasteiger partial charge is 0.279 e. The summed E-state index contributed by atoms with van der Waals surface area (Å²) < 4.78 is 0. The first-order chi connectivity index (χ1) is 10.8. The average molecular weight is 307 g/mol. The first-order valence-corrected chi connectivity index (χ1v) is 8.08. The molecule has 0 aliphatic carbocycles. The van der Waals surface area contributed by atoms with Crippen molar-refractivity contribution >= 4 is 34.4 Å². The van der Waals surface area contributed by atoms with Gasteiger partial charge in [-0.05, 0) is 29.8 Å². The molecule has 3 heterocycles. The fourth-order valence-corrected chi connectivity index (χ4v) is 3.93. The van der Waals surface area contributed by atoms with Gasteiger partial charge in [0, 0.05) is 17.8 Å². The van der Waals surface area contributed by atoms with Gasteiger partial charge in [-0.1, -0.05) is 24.3 Å². The van der Waals surface area contributed by atoms with Crippen LogP contribution in [-0.2, 0) is 4.79 Å². The molecule has 2 aromatic heterocycles. The first kappa shape index (κ1) is 13.3. The van der Waals surface area contributed by atoms with Gasteiger partial charge >= 0.3 is 0 Å². The zero-order valence-electron chi connectivity index (χ0n) is 11.7. The van der Waals surface area contributed by atoms with Crippen molar-refractivity contribution in [3.8, 4) is 0 Å². The Morgan fingerprint density at radius 2 is 1.86 bits per heavy atom. The highest BCUT2D eigenvalue weighted by Crippen LogP contribution is 2.42. The van der Waals surface area contributed by atoms with Crippen LogP contribution < -0.4 is 4.90 Å². The molecule has 0 N–H and O–H groups in total. The summed E-state index contributed by atoms with van der Waals surface area (Å²) in [7, 11) is 0. The maximum atomic E-state index is 12.3. The quantitative estimate of drug-likeness (QED) is 0.728. The highest BCUT2D eigenvalue weighted by molar-refractivity contribution is 8.00. The van der Waals surface area contributed by atoms with Gasteiger partial charge in [0.15, 0.2) is 0 Å². The number of thioether (sulfide) groups is 1. The number of nitrogens with zero attached hydrogens (tertiary/aromatic N) is 3. The van der Waals surface area contributed by atoms with E-state index in [1.165, 1.54) is 0 Å². The number of benzene rings is 1. The number of para-hydroxylation sites is 1. The van der Waals surface area contributed by atoms with E-state index in [9.17, 15) is 4.79 Å². The Kier molecular flexibility index (Phi) is 3.27. The van der Waals surface area contributed by atoms with Gasteiger partial charge in [-0.2, -0.15) is 0 Å². The van der Waals surface area contributed by atoms with E-state index in [0.717, 1.165) is 16.5 Å². The number of carbonyl (C=O) groups is 1. The van der Waals surface area contributed by atoms with Crippen LogP contribution in [0.3, 0.4) is 0 Å². The molecule has 0 radical (unpaired) electrons. The average Bonchev–Trinajstić information content (AvgIpc) is 2.96. The van der Waals surface area contributed by atoms with E-state index in [1.54, 1.807) is 29.1 Å². The molecule has 1 aromatic carbocycles. The van der Waals surface area contributed by atoms with Crippen molar-refractivity contribution in [2.75, 3.05) is 10.7 Å². The summed E-state index contributed by atoms with van der Waals surface area (Å²) in [5, 5.41) is 1.02. The minimum Gasteiger partial charge on any atom is -0.279 e. The maximum absolute atomic E-state index is 12.3. The van der Waals surface area contributed by atoms with Crippen molar-refractivity contribution in [3.63, 3.8) is 0 Å². The van der Waals surface area contributed by atoms with Crippen LogP contribution in [0.2, 0.25) is 0 Å². The molecule has 1 fully saturated rings. The number of hydrogen-bond donors (Lipinski definition) is 0. The SMILES string of the molecule is O=C1CSC(c2ccnc3ccccc23)N1c1ccccn1. The maximum Gasteiger partial charge on any atom is 0.239 e. The molecule has 4 rings (SSSR count). The zero-order chi connectivity index (χ0) is 14.9. The van der Waals surface area contributed by atoms with Crippen LogP contribution in [0.5, 0.6) is 0 Å². The molecular formula is C17H13N3OS. The van der Waals surface area contributed by atoms with E-state index in [4.69, 9.17) is 0 Å². The van der Waals surface area contributed by atoms with Crippen LogP contribution in [0.25, 0.3) is 10.9 Å². The second-order valence-corrected chi connectivity index (χ2v) is 6.10. The van der Waals surface area contributed by atoms with E-state index < -0.39 is 0 Å². The molecule has 4 nitrogen and oxygen atoms in total. The van der Waals surface area contributed by atoms with E-state index in [1.807, 2.05) is 42.5 Å². The minimum absolute atomic E-state index is 0.0599. The third kappa shape index (κ3) is 2.14. The van der Waals surface area contributed by atoms with E-state index in [2.05, 4.69) is 16.0 Å². The lowest BCUT2D eigenvalue weighted by Gasteiger charge is -2.24. The zero-order valence-corrected chi connectivity index (χ0v) is 12.5. The summed E-state index contributed by atoms with van der Waals surface area (Å²) in [6.45, 7) is 0. The fraction of sp³-hybridized carbons (Fsp3) is 0.118. The summed E-state index contributed by atoms with van der Waals surface area (Å²) >= 11 is 1.63. The highest BCUT2D eigenvalue weighted by Gasteiger charge is 2.35. The lowest BCUT2D eigenvalue weighted by Crippen LogP contribution is -2.28. The van der Waals surface area contributed by atoms with Crippen LogP contribution in [-0.4, -0.2) is 21.6 Å². The van der Waals surface area contributed by atoms with Crippen molar-refractivity contribution in [3.05, 3.63) is 66.5 Å². The van der Waals surface area contributed by atoms with Crippen LogP contribution >= 0.6 is 11.8 Å². The highest BCUT2D eigenvalue weighted by atomic mass is 32.2. The molecule has 1 aliphatic heterocycles. The molecule has 22 heavy (non-hydrogen) atoms. The number of aromatic nitrogens is 2. The van der Waals surface area contributed by atoms with Gasteiger partial charge in [0.25, 0.3) is 0 Å². The van der Waals surface area contributed by atoms with Gasteiger partial charge in [-0.3, -0.25) is 14.7 Å². The lowest BCUT2D eigenvalue weighted by molar-refractivity contribution is -0.115. The molecule has 1 atom stereocenters. The Balaban J connectivity index is 1.85. The van der Waals surface area contributed by atoms with Gasteiger partial charge in [0.05, 0.1) is 11.3 Å². The standard InChI is InChI=1S/C17H13N3OS/c21-16-11-22-17(20(16)15-7-3-4-9-19-15)13-8-10-18-14-6-2-1-5-12(13)14/h1-10,17H,11H2. The molecule has 1 amide bonds. The molecule has 1 aliphatic rings. The smallest absolute Gasteiger partial charge is 0.239 e. The number of carbonyl (C=O) groups excluding carboxylic acids is 1. The summed E-state index contributed by atoms with van der Waals surface area (Å²) in [4.78, 5) is 22.9. The topological polar surface area (TPSA) is 46.1 Å². The Morgan fingerprint density at radius 3 is 2.73 bits per heavy atom. The first-order valence-electron chi connectivity index (χ1n) is 7.03. The van der Waals surface area contributed by atoms with Crippen LogP contribution in [0.4, 0.5) is 5.82 Å². The van der Waals surface area contributed by atoms with E-state index in [-0.39, 0.29) is 11.3 Å². The molecule has 3 aromatic rings. The second-order valence-electron chi connectivity index (χ2n) is 5.03. The Hall–Kier alpha value is -2.40. The molecule has 5 heteroatoms. The van der Waals surface area contributed by atoms with E-state index >= 15 is 0 Å². The number of amides is 1. The van der Waals surface area contributed by atoms with E-state index in [0.29, 0.717) is 11.6 Å². The Morgan fingerprint density at radius 1 is 1.00 bits per heavy atom. The molecular weight excluding hydrogens is 294 g/mol. The third-order valence-corrected chi connectivity index (χ3v) is 4.91. The summed E-state index contributed by atoms with van der Waals surface area (Å²) in [6, 6.07) is 15.6. The monoisotopic (exact) mass is 307 g/mol. The number of hydrogen-bond acceptors (Lipinski definition) is 4. The number of pyridine rings is 2. The van der Waals surface area contributed by atoms with Crippen molar-refractivity contribution in [2.24, 2.45) is 0 Å². The Labute approximate surface area is 132 Å². The van der Waals surface area contributed by atoms with Gasteiger partial charge in [-0.25, -0.2) is 4.98 Å². The fourth-order valence-electron chi connectivity index (χ4n) is 2.73. The number of anilines is 1. The molecule has 1 unspecified atom stereocenters. The summed E-state index contributed by atoms with van der Waals surface area (Å²) in [6.07, 6.45) is 3.52. The summed E-state index contributed by atoms with van der Waals surface area (Å²) in [5.74, 6) is 1.26. The summed E-state index contributed by atoms with van der Waals surface area (Å²) in [5.41, 5.74) is 2.05. The second kappa shape index (κ2) is 5.42. The third-order valence-electron chi connectivity index (χ3n) is 3.71. The van der Waals surface area contributed by atoms with Crippen molar-refractivity contribution in [1.82, 2.24) is 9.97 Å². The van der Waals surface area contributed by atoms with Crippen molar-refractivity contribution in [2.45, 2.75) is 5.37 Å². The molecule has 1 saturated heterocycles. The van der Waals surface area contributed by atoms with Crippen molar-refractivity contribution < 1.29 is 4.79 Å². The molecule has 108 valence electrons. The number of rotatable bonds is 2. The van der Waals surface area contributed by atoms with Crippen LogP contribution in [0, 0.1) is 0 Å². The van der Waals surface area contributed by atoms with Crippen LogP contribution in [0.1, 0.15) is 10.9 Å². The Bertz CT molecular complexity index is 832. The lowest BCUT2D eigenvalue weighted by atomic mass is 10.1. The molecule has 0 saturated carbocycles. The normalized spacial score (nSPS) is 18.1. The minimum atomic E-state index is -0.0599. The number of fused-ring (bicyclic) bond motifs is 1. The predicted molar refractivity (Wildman–Crippen MR) is 88.7 cm³/mol. The van der Waals surface area contributed by atoms with Gasteiger partial charge < -0.3 is 0 Å². The van der Waals surface area contributed by atoms with Gasteiger partial charge in [0.2, 0.25) is 5.91 Å². The van der Waals surface area contributed by atoms with Crippen LogP contribution in [0.15, 0.2) is 60.9 Å². The van der Waals surface area contributed by atoms with Gasteiger partial charge in [0.1, 0.15) is 11.2 Å². The molecule has 0 bridgehead atoms. The predicted octanol–water partition coefficient (Wildman–Crippen LogP) is 3.41. The van der Waals surface area contributed by atoms with Gasteiger partial charge in [-0.15, -0.1) is 11.8 Å². The van der Waals surface area contributed by atoms with Crippen molar-refractivity contribution in [1.29, 1.82) is 0 Å². The molecule has 0 spiro atoms.